The van der Waals surface area contributed by atoms with Gasteiger partial charge >= 0.3 is 0 Å². The molecule has 1 amide bonds. The molecule has 0 aliphatic carbocycles. The molecule has 0 fully saturated rings. The number of benzene rings is 1. The van der Waals surface area contributed by atoms with E-state index >= 15 is 0 Å². The van der Waals surface area contributed by atoms with Crippen LogP contribution in [0.15, 0.2) is 36.7 Å². The van der Waals surface area contributed by atoms with Gasteiger partial charge in [0, 0.05) is 6.54 Å². The van der Waals surface area contributed by atoms with Crippen LogP contribution in [0.1, 0.15) is 30.1 Å². The fourth-order valence-electron chi connectivity index (χ4n) is 2.39. The van der Waals surface area contributed by atoms with Crippen LogP contribution < -0.4 is 5.48 Å². The zero-order chi connectivity index (χ0) is 13.8. The average molecular weight is 272 g/mol. The number of amides is 1. The lowest BCUT2D eigenvalue weighted by molar-refractivity contribution is -0.136. The maximum atomic E-state index is 12.1. The number of aryl methyl sites for hydroxylation is 1. The Morgan fingerprint density at radius 3 is 3.10 bits per heavy atom. The van der Waals surface area contributed by atoms with Crippen molar-refractivity contribution in [1.29, 1.82) is 0 Å². The number of hydrogen-bond donors (Lipinski definition) is 1. The summed E-state index contributed by atoms with van der Waals surface area (Å²) < 4.78 is 1.92. The van der Waals surface area contributed by atoms with Gasteiger partial charge in [-0.05, 0) is 18.4 Å². The standard InChI is InChI=1S/C14H16N4O2/c19-14(17-20-9-11-5-2-1-3-6-11)12-7-4-8-18-10-15-16-13(12)18/h1-3,5-6,10,12H,4,7-9H2,(H,17,19). The number of hydrogen-bond acceptors (Lipinski definition) is 4. The second kappa shape index (κ2) is 5.83. The number of nitrogens with zero attached hydrogens (tertiary/aromatic N) is 3. The largest absolute Gasteiger partial charge is 0.317 e. The first-order valence-electron chi connectivity index (χ1n) is 6.68. The van der Waals surface area contributed by atoms with Gasteiger partial charge in [0.25, 0.3) is 5.91 Å². The van der Waals surface area contributed by atoms with E-state index < -0.39 is 0 Å². The molecule has 1 aromatic carbocycles. The number of rotatable bonds is 4. The summed E-state index contributed by atoms with van der Waals surface area (Å²) in [6.45, 7) is 1.23. The molecule has 2 aromatic rings. The van der Waals surface area contributed by atoms with Crippen LogP contribution in [0.2, 0.25) is 0 Å². The molecule has 2 heterocycles. The number of nitrogens with one attached hydrogen (secondary N) is 1. The predicted molar refractivity (Wildman–Crippen MR) is 71.4 cm³/mol. The van der Waals surface area contributed by atoms with Crippen molar-refractivity contribution in [2.45, 2.75) is 31.9 Å². The van der Waals surface area contributed by atoms with E-state index in [1.54, 1.807) is 6.33 Å². The Bertz CT molecular complexity index is 582. The summed E-state index contributed by atoms with van der Waals surface area (Å²) in [5.74, 6) is 0.286. The van der Waals surface area contributed by atoms with Crippen molar-refractivity contribution in [2.75, 3.05) is 0 Å². The molecule has 0 saturated carbocycles. The van der Waals surface area contributed by atoms with Gasteiger partial charge in [0.05, 0.1) is 6.61 Å². The zero-order valence-electron chi connectivity index (χ0n) is 11.0. The molecule has 0 bridgehead atoms. The van der Waals surface area contributed by atoms with E-state index in [9.17, 15) is 4.79 Å². The Morgan fingerprint density at radius 2 is 2.25 bits per heavy atom. The lowest BCUT2D eigenvalue weighted by atomic mass is 9.98. The molecule has 1 aliphatic rings. The van der Waals surface area contributed by atoms with Gasteiger partial charge < -0.3 is 4.57 Å². The van der Waals surface area contributed by atoms with E-state index in [0.29, 0.717) is 6.61 Å². The third kappa shape index (κ3) is 2.70. The fourth-order valence-corrected chi connectivity index (χ4v) is 2.39. The SMILES string of the molecule is O=C(NOCc1ccccc1)C1CCCn2cnnc21. The topological polar surface area (TPSA) is 69.0 Å². The van der Waals surface area contributed by atoms with E-state index in [1.807, 2.05) is 34.9 Å². The third-order valence-electron chi connectivity index (χ3n) is 3.42. The van der Waals surface area contributed by atoms with Crippen molar-refractivity contribution in [2.24, 2.45) is 0 Å². The zero-order valence-corrected chi connectivity index (χ0v) is 11.0. The highest BCUT2D eigenvalue weighted by Crippen LogP contribution is 2.24. The lowest BCUT2D eigenvalue weighted by Gasteiger charge is -2.21. The highest BCUT2D eigenvalue weighted by Gasteiger charge is 2.28. The number of aromatic nitrogens is 3. The van der Waals surface area contributed by atoms with Gasteiger partial charge in [0.15, 0.2) is 0 Å². The molecule has 20 heavy (non-hydrogen) atoms. The van der Waals surface area contributed by atoms with Crippen LogP contribution in [0.5, 0.6) is 0 Å². The minimum Gasteiger partial charge on any atom is -0.317 e. The molecule has 1 unspecified atom stereocenters. The Hall–Kier alpha value is -2.21. The van der Waals surface area contributed by atoms with Crippen molar-refractivity contribution in [3.63, 3.8) is 0 Å². The van der Waals surface area contributed by atoms with Gasteiger partial charge in [-0.3, -0.25) is 9.63 Å². The number of carbonyl (C=O) groups is 1. The van der Waals surface area contributed by atoms with Crippen molar-refractivity contribution < 1.29 is 9.63 Å². The van der Waals surface area contributed by atoms with E-state index in [0.717, 1.165) is 30.8 Å². The van der Waals surface area contributed by atoms with Gasteiger partial charge in [0.2, 0.25) is 0 Å². The molecule has 1 N–H and O–H groups in total. The second-order valence-corrected chi connectivity index (χ2v) is 4.82. The van der Waals surface area contributed by atoms with E-state index in [1.165, 1.54) is 0 Å². The fraction of sp³-hybridized carbons (Fsp3) is 0.357. The molecule has 6 heteroatoms. The molecular formula is C14H16N4O2. The quantitative estimate of drug-likeness (QED) is 0.854. The molecular weight excluding hydrogens is 256 g/mol. The van der Waals surface area contributed by atoms with Gasteiger partial charge in [-0.25, -0.2) is 5.48 Å². The summed E-state index contributed by atoms with van der Waals surface area (Å²) in [6.07, 6.45) is 3.39. The Balaban J connectivity index is 1.56. The first kappa shape index (κ1) is 12.8. The van der Waals surface area contributed by atoms with Crippen LogP contribution in [0.3, 0.4) is 0 Å². The van der Waals surface area contributed by atoms with E-state index in [4.69, 9.17) is 4.84 Å². The van der Waals surface area contributed by atoms with Crippen molar-refractivity contribution in [3.05, 3.63) is 48.0 Å². The summed E-state index contributed by atoms with van der Waals surface area (Å²) in [7, 11) is 0. The summed E-state index contributed by atoms with van der Waals surface area (Å²) in [6, 6.07) is 9.71. The third-order valence-corrected chi connectivity index (χ3v) is 3.42. The van der Waals surface area contributed by atoms with Crippen LogP contribution in [0.25, 0.3) is 0 Å². The molecule has 0 radical (unpaired) electrons. The van der Waals surface area contributed by atoms with Crippen LogP contribution >= 0.6 is 0 Å². The minimum atomic E-state index is -0.276. The molecule has 104 valence electrons. The number of hydroxylamine groups is 1. The second-order valence-electron chi connectivity index (χ2n) is 4.82. The Morgan fingerprint density at radius 1 is 1.40 bits per heavy atom. The molecule has 6 nitrogen and oxygen atoms in total. The maximum absolute atomic E-state index is 12.1. The van der Waals surface area contributed by atoms with Gasteiger partial charge in [0.1, 0.15) is 18.1 Å². The highest BCUT2D eigenvalue weighted by atomic mass is 16.6. The van der Waals surface area contributed by atoms with E-state index in [2.05, 4.69) is 15.7 Å². The van der Waals surface area contributed by atoms with Crippen LogP contribution in [0.4, 0.5) is 0 Å². The van der Waals surface area contributed by atoms with Gasteiger partial charge in [-0.2, -0.15) is 0 Å². The number of carbonyl (C=O) groups excluding carboxylic acids is 1. The highest BCUT2D eigenvalue weighted by molar-refractivity contribution is 5.81. The first-order valence-corrected chi connectivity index (χ1v) is 6.68. The van der Waals surface area contributed by atoms with Crippen molar-refractivity contribution in [3.8, 4) is 0 Å². The molecule has 1 atom stereocenters. The Labute approximate surface area is 116 Å². The molecule has 1 aromatic heterocycles. The summed E-state index contributed by atoms with van der Waals surface area (Å²) in [5, 5.41) is 7.88. The predicted octanol–water partition coefficient (Wildman–Crippen LogP) is 1.40. The van der Waals surface area contributed by atoms with Crippen LogP contribution in [-0.2, 0) is 22.8 Å². The van der Waals surface area contributed by atoms with Gasteiger partial charge in [-0.15, -0.1) is 10.2 Å². The molecule has 0 spiro atoms. The normalized spacial score (nSPS) is 17.5. The summed E-state index contributed by atoms with van der Waals surface area (Å²) >= 11 is 0. The monoisotopic (exact) mass is 272 g/mol. The number of fused-ring (bicyclic) bond motifs is 1. The summed E-state index contributed by atoms with van der Waals surface area (Å²) in [4.78, 5) is 17.4. The smallest absolute Gasteiger partial charge is 0.254 e. The summed E-state index contributed by atoms with van der Waals surface area (Å²) in [5.41, 5.74) is 3.53. The maximum Gasteiger partial charge on any atom is 0.254 e. The van der Waals surface area contributed by atoms with Crippen molar-refractivity contribution in [1.82, 2.24) is 20.2 Å². The Kier molecular flexibility index (Phi) is 3.73. The van der Waals surface area contributed by atoms with E-state index in [-0.39, 0.29) is 11.8 Å². The van der Waals surface area contributed by atoms with Gasteiger partial charge in [-0.1, -0.05) is 30.3 Å². The minimum absolute atomic E-state index is 0.158. The average Bonchev–Trinajstić information content (AvgIpc) is 2.96. The molecule has 0 saturated heterocycles. The van der Waals surface area contributed by atoms with Crippen LogP contribution in [0, 0.1) is 0 Å². The first-order chi connectivity index (χ1) is 9.84. The molecule has 3 rings (SSSR count). The lowest BCUT2D eigenvalue weighted by Crippen LogP contribution is -2.33. The molecule has 1 aliphatic heterocycles. The van der Waals surface area contributed by atoms with Crippen LogP contribution in [-0.4, -0.2) is 20.7 Å². The van der Waals surface area contributed by atoms with Crippen molar-refractivity contribution >= 4 is 5.91 Å².